The Labute approximate surface area is 171 Å². The number of carbonyl (C=O) groups is 2. The van der Waals surface area contributed by atoms with E-state index in [2.05, 4.69) is 26.0 Å². The summed E-state index contributed by atoms with van der Waals surface area (Å²) in [6.07, 6.45) is 1.48. The largest absolute Gasteiger partial charge is 0.481 e. The monoisotopic (exact) mass is 442 g/mol. The van der Waals surface area contributed by atoms with Crippen LogP contribution in [0.5, 0.6) is 5.75 Å². The van der Waals surface area contributed by atoms with Gasteiger partial charge in [0.05, 0.1) is 11.6 Å². The number of ether oxygens (including phenoxy) is 2. The minimum absolute atomic E-state index is 0.0314. The van der Waals surface area contributed by atoms with Crippen molar-refractivity contribution in [3.63, 3.8) is 0 Å². The van der Waals surface area contributed by atoms with Crippen molar-refractivity contribution in [2.24, 2.45) is 0 Å². The van der Waals surface area contributed by atoms with Crippen molar-refractivity contribution in [2.45, 2.75) is 13.8 Å². The van der Waals surface area contributed by atoms with E-state index in [0.29, 0.717) is 21.5 Å². The zero-order valence-electron chi connectivity index (χ0n) is 15.7. The number of nitrogens with zero attached hydrogens (tertiary/aromatic N) is 1. The third kappa shape index (κ3) is 5.69. The lowest BCUT2D eigenvalue weighted by Gasteiger charge is -2.09. The molecule has 2 aromatic rings. The average Bonchev–Trinajstić information content (AvgIpc) is 2.67. The Morgan fingerprint density at radius 3 is 2.61 bits per heavy atom. The first kappa shape index (κ1) is 21.2. The molecule has 0 radical (unpaired) electrons. The highest BCUT2D eigenvalue weighted by atomic mass is 79.9. The molecule has 2 aromatic carbocycles. The minimum atomic E-state index is -0.495. The SMILES string of the molecule is COC(=O)COc1ccc(/C=C(\C#N)C(=O)Nc2cc(C)ccc2C)cc1Br. The molecule has 0 aromatic heterocycles. The fourth-order valence-electron chi connectivity index (χ4n) is 2.29. The van der Waals surface area contributed by atoms with Gasteiger partial charge < -0.3 is 14.8 Å². The van der Waals surface area contributed by atoms with Gasteiger partial charge in [0.25, 0.3) is 5.91 Å². The lowest BCUT2D eigenvalue weighted by Crippen LogP contribution is -2.14. The Balaban J connectivity index is 2.18. The van der Waals surface area contributed by atoms with E-state index in [1.54, 1.807) is 18.2 Å². The quantitative estimate of drug-likeness (QED) is 0.412. The van der Waals surface area contributed by atoms with Crippen molar-refractivity contribution in [2.75, 3.05) is 19.0 Å². The van der Waals surface area contributed by atoms with Crippen LogP contribution in [0.15, 0.2) is 46.4 Å². The summed E-state index contributed by atoms with van der Waals surface area (Å²) in [5.41, 5.74) is 3.18. The van der Waals surface area contributed by atoms with Gasteiger partial charge in [0.1, 0.15) is 17.4 Å². The number of esters is 1. The van der Waals surface area contributed by atoms with Crippen LogP contribution in [0.25, 0.3) is 6.08 Å². The summed E-state index contributed by atoms with van der Waals surface area (Å²) < 4.78 is 10.4. The summed E-state index contributed by atoms with van der Waals surface area (Å²) in [6.45, 7) is 3.60. The number of aryl methyl sites for hydroxylation is 2. The standard InChI is InChI=1S/C21H19BrN2O4/c1-13-4-5-14(2)18(8-13)24-21(26)16(11-23)9-15-6-7-19(17(22)10-15)28-12-20(25)27-3/h4-10H,12H2,1-3H3,(H,24,26)/b16-9+. The van der Waals surface area contributed by atoms with E-state index in [0.717, 1.165) is 11.1 Å². The van der Waals surface area contributed by atoms with Gasteiger partial charge in [0, 0.05) is 5.69 Å². The van der Waals surface area contributed by atoms with E-state index in [1.165, 1.54) is 13.2 Å². The van der Waals surface area contributed by atoms with Crippen LogP contribution in [0.4, 0.5) is 5.69 Å². The number of hydrogen-bond acceptors (Lipinski definition) is 5. The van der Waals surface area contributed by atoms with Crippen LogP contribution in [-0.2, 0) is 14.3 Å². The van der Waals surface area contributed by atoms with Crippen molar-refractivity contribution >= 4 is 39.6 Å². The van der Waals surface area contributed by atoms with Crippen molar-refractivity contribution in [1.29, 1.82) is 5.26 Å². The maximum absolute atomic E-state index is 12.5. The Bertz CT molecular complexity index is 977. The van der Waals surface area contributed by atoms with Crippen molar-refractivity contribution in [3.8, 4) is 11.8 Å². The smallest absolute Gasteiger partial charge is 0.343 e. The topological polar surface area (TPSA) is 88.4 Å². The fraction of sp³-hybridized carbons (Fsp3) is 0.190. The molecule has 0 bridgehead atoms. The second-order valence-corrected chi connectivity index (χ2v) is 6.85. The van der Waals surface area contributed by atoms with Crippen LogP contribution < -0.4 is 10.1 Å². The van der Waals surface area contributed by atoms with Gasteiger partial charge in [0.15, 0.2) is 6.61 Å². The molecule has 0 atom stereocenters. The van der Waals surface area contributed by atoms with Gasteiger partial charge in [0.2, 0.25) is 0 Å². The maximum atomic E-state index is 12.5. The Morgan fingerprint density at radius 1 is 1.21 bits per heavy atom. The summed E-state index contributed by atoms with van der Waals surface area (Å²) in [7, 11) is 1.28. The number of anilines is 1. The van der Waals surface area contributed by atoms with Gasteiger partial charge in [-0.2, -0.15) is 5.26 Å². The number of rotatable bonds is 6. The molecular formula is C21H19BrN2O4. The number of carbonyl (C=O) groups excluding carboxylic acids is 2. The lowest BCUT2D eigenvalue weighted by molar-refractivity contribution is -0.142. The van der Waals surface area contributed by atoms with Gasteiger partial charge in [-0.15, -0.1) is 0 Å². The van der Waals surface area contributed by atoms with Crippen LogP contribution in [0.2, 0.25) is 0 Å². The number of amides is 1. The highest BCUT2D eigenvalue weighted by Gasteiger charge is 2.12. The molecule has 0 fully saturated rings. The first-order chi connectivity index (χ1) is 13.3. The molecule has 0 heterocycles. The van der Waals surface area contributed by atoms with Crippen molar-refractivity contribution < 1.29 is 19.1 Å². The van der Waals surface area contributed by atoms with Crippen LogP contribution in [-0.4, -0.2) is 25.6 Å². The van der Waals surface area contributed by atoms with Crippen molar-refractivity contribution in [3.05, 3.63) is 63.1 Å². The molecule has 28 heavy (non-hydrogen) atoms. The molecule has 0 aliphatic carbocycles. The summed E-state index contributed by atoms with van der Waals surface area (Å²) in [6, 6.07) is 12.6. The fourth-order valence-corrected chi connectivity index (χ4v) is 2.81. The summed E-state index contributed by atoms with van der Waals surface area (Å²) in [4.78, 5) is 23.6. The zero-order valence-corrected chi connectivity index (χ0v) is 17.3. The van der Waals surface area contributed by atoms with Gasteiger partial charge in [-0.05, 0) is 70.7 Å². The number of benzene rings is 2. The van der Waals surface area contributed by atoms with Crippen LogP contribution in [0, 0.1) is 25.2 Å². The van der Waals surface area contributed by atoms with E-state index in [4.69, 9.17) is 4.74 Å². The molecule has 0 unspecified atom stereocenters. The Kier molecular flexibility index (Phi) is 7.36. The van der Waals surface area contributed by atoms with E-state index >= 15 is 0 Å². The Hall–Kier alpha value is -3.11. The Morgan fingerprint density at radius 2 is 1.96 bits per heavy atom. The predicted octanol–water partition coefficient (Wildman–Crippen LogP) is 4.16. The molecule has 0 saturated carbocycles. The first-order valence-electron chi connectivity index (χ1n) is 8.33. The molecule has 0 spiro atoms. The van der Waals surface area contributed by atoms with Gasteiger partial charge in [-0.25, -0.2) is 4.79 Å². The van der Waals surface area contributed by atoms with E-state index in [1.807, 2.05) is 38.1 Å². The van der Waals surface area contributed by atoms with E-state index < -0.39 is 11.9 Å². The van der Waals surface area contributed by atoms with Crippen molar-refractivity contribution in [1.82, 2.24) is 0 Å². The van der Waals surface area contributed by atoms with Gasteiger partial charge >= 0.3 is 5.97 Å². The molecule has 2 rings (SSSR count). The number of hydrogen-bond donors (Lipinski definition) is 1. The third-order valence-electron chi connectivity index (χ3n) is 3.85. The molecule has 0 aliphatic heterocycles. The summed E-state index contributed by atoms with van der Waals surface area (Å²) in [5.74, 6) is -0.537. The number of methoxy groups -OCH3 is 1. The molecule has 0 saturated heterocycles. The molecule has 144 valence electrons. The maximum Gasteiger partial charge on any atom is 0.343 e. The summed E-state index contributed by atoms with van der Waals surface area (Å²) in [5, 5.41) is 12.2. The minimum Gasteiger partial charge on any atom is -0.481 e. The van der Waals surface area contributed by atoms with Crippen LogP contribution >= 0.6 is 15.9 Å². The van der Waals surface area contributed by atoms with Crippen LogP contribution in [0.1, 0.15) is 16.7 Å². The van der Waals surface area contributed by atoms with E-state index in [9.17, 15) is 14.9 Å². The number of nitrogens with one attached hydrogen (secondary N) is 1. The molecule has 0 aliphatic rings. The highest BCUT2D eigenvalue weighted by molar-refractivity contribution is 9.10. The second-order valence-electron chi connectivity index (χ2n) is 6.00. The number of nitriles is 1. The first-order valence-corrected chi connectivity index (χ1v) is 9.13. The molecule has 1 N–H and O–H groups in total. The van der Waals surface area contributed by atoms with Gasteiger partial charge in [-0.1, -0.05) is 18.2 Å². The van der Waals surface area contributed by atoms with Crippen LogP contribution in [0.3, 0.4) is 0 Å². The zero-order chi connectivity index (χ0) is 20.7. The predicted molar refractivity (Wildman–Crippen MR) is 110 cm³/mol. The number of halogens is 1. The normalized spacial score (nSPS) is 10.8. The molecule has 1 amide bonds. The molecule has 7 heteroatoms. The molecular weight excluding hydrogens is 424 g/mol. The summed E-state index contributed by atoms with van der Waals surface area (Å²) >= 11 is 3.35. The lowest BCUT2D eigenvalue weighted by atomic mass is 10.1. The van der Waals surface area contributed by atoms with Gasteiger partial charge in [-0.3, -0.25) is 4.79 Å². The van der Waals surface area contributed by atoms with E-state index in [-0.39, 0.29) is 12.2 Å². The second kappa shape index (κ2) is 9.72. The molecule has 6 nitrogen and oxygen atoms in total. The average molecular weight is 443 g/mol. The highest BCUT2D eigenvalue weighted by Crippen LogP contribution is 2.27. The third-order valence-corrected chi connectivity index (χ3v) is 4.47.